The number of aryl methyl sites for hydroxylation is 1. The molecule has 3 heteroatoms. The van der Waals surface area contributed by atoms with Crippen LogP contribution in [0.3, 0.4) is 0 Å². The molecule has 0 amide bonds. The fourth-order valence-electron chi connectivity index (χ4n) is 3.95. The van der Waals surface area contributed by atoms with Crippen molar-refractivity contribution in [2.75, 3.05) is 0 Å². The summed E-state index contributed by atoms with van der Waals surface area (Å²) in [5.41, 5.74) is 7.36. The van der Waals surface area contributed by atoms with E-state index in [0.29, 0.717) is 5.71 Å². The maximum Gasteiger partial charge on any atom is 0.227 e. The molecule has 23 heavy (non-hydrogen) atoms. The van der Waals surface area contributed by atoms with E-state index in [2.05, 4.69) is 42.0 Å². The minimum atomic E-state index is -0.0971. The van der Waals surface area contributed by atoms with Gasteiger partial charge in [0.2, 0.25) is 5.71 Å². The van der Waals surface area contributed by atoms with Crippen LogP contribution in [-0.2, 0) is 5.41 Å². The molecule has 1 aromatic carbocycles. The number of pyridine rings is 2. The molecular weight excluding hydrogens is 284 g/mol. The van der Waals surface area contributed by atoms with Crippen LogP contribution in [0.25, 0.3) is 33.3 Å². The Hall–Kier alpha value is -2.68. The zero-order chi connectivity index (χ0) is 15.8. The van der Waals surface area contributed by atoms with Crippen molar-refractivity contribution in [1.82, 2.24) is 9.97 Å². The van der Waals surface area contributed by atoms with E-state index in [1.165, 1.54) is 22.1 Å². The van der Waals surface area contributed by atoms with Crippen molar-refractivity contribution in [3.8, 4) is 11.3 Å². The molecule has 0 unspecified atom stereocenters. The summed E-state index contributed by atoms with van der Waals surface area (Å²) in [6.07, 6.45) is 1.87. The van der Waals surface area contributed by atoms with E-state index in [0.717, 1.165) is 22.4 Å². The van der Waals surface area contributed by atoms with Crippen molar-refractivity contribution in [2.24, 2.45) is 0 Å². The van der Waals surface area contributed by atoms with Crippen LogP contribution in [-0.4, -0.2) is 9.97 Å². The van der Waals surface area contributed by atoms with Crippen molar-refractivity contribution >= 4 is 22.1 Å². The van der Waals surface area contributed by atoms with Crippen molar-refractivity contribution in [2.45, 2.75) is 26.2 Å². The number of benzene rings is 1. The molecule has 3 aromatic heterocycles. The van der Waals surface area contributed by atoms with E-state index < -0.39 is 0 Å². The third kappa shape index (κ3) is 1.49. The molecule has 1 aliphatic rings. The molecule has 0 bridgehead atoms. The van der Waals surface area contributed by atoms with Crippen molar-refractivity contribution < 1.29 is 4.42 Å². The molecule has 0 saturated heterocycles. The van der Waals surface area contributed by atoms with Crippen LogP contribution in [0.1, 0.15) is 30.7 Å². The summed E-state index contributed by atoms with van der Waals surface area (Å²) in [5, 5.41) is 2.26. The van der Waals surface area contributed by atoms with E-state index >= 15 is 0 Å². The van der Waals surface area contributed by atoms with Crippen LogP contribution in [0, 0.1) is 6.92 Å². The lowest BCUT2D eigenvalue weighted by Gasteiger charge is -2.21. The van der Waals surface area contributed by atoms with Gasteiger partial charge in [0.05, 0.1) is 5.69 Å². The summed E-state index contributed by atoms with van der Waals surface area (Å²) in [6, 6.07) is 12.5. The topological polar surface area (TPSA) is 38.9 Å². The number of hydrogen-bond acceptors (Lipinski definition) is 3. The lowest BCUT2D eigenvalue weighted by molar-refractivity contribution is 0.647. The highest BCUT2D eigenvalue weighted by Crippen LogP contribution is 2.51. The summed E-state index contributed by atoms with van der Waals surface area (Å²) in [7, 11) is 0. The van der Waals surface area contributed by atoms with Gasteiger partial charge in [-0.1, -0.05) is 19.9 Å². The lowest BCUT2D eigenvalue weighted by Crippen LogP contribution is -2.15. The van der Waals surface area contributed by atoms with E-state index in [1.54, 1.807) is 0 Å². The Morgan fingerprint density at radius 1 is 1.04 bits per heavy atom. The molecule has 3 nitrogen and oxygen atoms in total. The maximum atomic E-state index is 6.02. The van der Waals surface area contributed by atoms with E-state index in [9.17, 15) is 0 Å². The number of aromatic nitrogens is 2. The van der Waals surface area contributed by atoms with Crippen LogP contribution in [0.4, 0.5) is 0 Å². The second-order valence-corrected chi connectivity index (χ2v) is 6.79. The fourth-order valence-corrected chi connectivity index (χ4v) is 3.95. The molecule has 0 spiro atoms. The second-order valence-electron chi connectivity index (χ2n) is 6.79. The third-order valence-electron chi connectivity index (χ3n) is 5.00. The Kier molecular flexibility index (Phi) is 2.22. The molecule has 4 aromatic rings. The third-order valence-corrected chi connectivity index (χ3v) is 5.00. The molecule has 0 saturated carbocycles. The first-order valence-corrected chi connectivity index (χ1v) is 7.86. The van der Waals surface area contributed by atoms with Crippen LogP contribution in [0.15, 0.2) is 47.0 Å². The van der Waals surface area contributed by atoms with Gasteiger partial charge in [-0.05, 0) is 48.4 Å². The van der Waals surface area contributed by atoms with Crippen molar-refractivity contribution in [1.29, 1.82) is 0 Å². The predicted octanol–water partition coefficient (Wildman–Crippen LogP) is 4.99. The highest BCUT2D eigenvalue weighted by Gasteiger charge is 2.38. The largest absolute Gasteiger partial charge is 0.438 e. The summed E-state index contributed by atoms with van der Waals surface area (Å²) in [6.45, 7) is 6.51. The van der Waals surface area contributed by atoms with Crippen LogP contribution < -0.4 is 0 Å². The molecular formula is C20H16N2O. The Morgan fingerprint density at radius 2 is 1.91 bits per heavy atom. The SMILES string of the molecule is Cc1ccc2c(n1)oc1ccc3c(c12)C(C)(C)c1cccnc1-3. The first-order chi connectivity index (χ1) is 11.1. The lowest BCUT2D eigenvalue weighted by atomic mass is 9.81. The normalized spacial score (nSPS) is 15.1. The van der Waals surface area contributed by atoms with E-state index in [1.807, 2.05) is 31.3 Å². The Morgan fingerprint density at radius 3 is 2.78 bits per heavy atom. The average Bonchev–Trinajstić information content (AvgIpc) is 3.00. The average molecular weight is 300 g/mol. The van der Waals surface area contributed by atoms with Gasteiger partial charge in [0.1, 0.15) is 5.58 Å². The van der Waals surface area contributed by atoms with Crippen molar-refractivity contribution in [3.63, 3.8) is 0 Å². The zero-order valence-corrected chi connectivity index (χ0v) is 13.3. The van der Waals surface area contributed by atoms with Gasteiger partial charge in [0, 0.05) is 33.6 Å². The molecule has 3 heterocycles. The van der Waals surface area contributed by atoms with E-state index in [4.69, 9.17) is 4.42 Å². The standard InChI is InChI=1S/C20H16N2O/c1-11-6-7-12-16-15(23-19(12)22-11)9-8-13-17(16)20(2,3)14-5-4-10-21-18(13)14/h4-10H,1-3H3. The van der Waals surface area contributed by atoms with Crippen LogP contribution >= 0.6 is 0 Å². The smallest absolute Gasteiger partial charge is 0.227 e. The summed E-state index contributed by atoms with van der Waals surface area (Å²) in [5.74, 6) is 0. The predicted molar refractivity (Wildman–Crippen MR) is 91.6 cm³/mol. The van der Waals surface area contributed by atoms with Gasteiger partial charge in [0.15, 0.2) is 0 Å². The quantitative estimate of drug-likeness (QED) is 0.459. The fraction of sp³-hybridized carbons (Fsp3) is 0.200. The van der Waals surface area contributed by atoms with Gasteiger partial charge in [-0.15, -0.1) is 0 Å². The highest BCUT2D eigenvalue weighted by molar-refractivity contribution is 6.09. The summed E-state index contributed by atoms with van der Waals surface area (Å²) in [4.78, 5) is 9.19. The Labute approximate surface area is 134 Å². The van der Waals surface area contributed by atoms with Gasteiger partial charge < -0.3 is 4.42 Å². The van der Waals surface area contributed by atoms with E-state index in [-0.39, 0.29) is 5.41 Å². The Bertz CT molecular complexity index is 1110. The van der Waals surface area contributed by atoms with Gasteiger partial charge in [0.25, 0.3) is 0 Å². The monoisotopic (exact) mass is 300 g/mol. The Balaban J connectivity index is 2.00. The maximum absolute atomic E-state index is 6.02. The second kappa shape index (κ2) is 3.99. The van der Waals surface area contributed by atoms with Gasteiger partial charge in [-0.25, -0.2) is 4.98 Å². The molecule has 1 aliphatic carbocycles. The molecule has 112 valence electrons. The summed E-state index contributed by atoms with van der Waals surface area (Å²) >= 11 is 0. The van der Waals surface area contributed by atoms with Crippen LogP contribution in [0.5, 0.6) is 0 Å². The van der Waals surface area contributed by atoms with Gasteiger partial charge >= 0.3 is 0 Å². The molecule has 0 radical (unpaired) electrons. The first kappa shape index (κ1) is 12.8. The first-order valence-electron chi connectivity index (χ1n) is 7.86. The number of fused-ring (bicyclic) bond motifs is 7. The molecule has 0 aliphatic heterocycles. The highest BCUT2D eigenvalue weighted by atomic mass is 16.3. The summed E-state index contributed by atoms with van der Waals surface area (Å²) < 4.78 is 6.02. The number of nitrogens with zero attached hydrogens (tertiary/aromatic N) is 2. The number of rotatable bonds is 0. The molecule has 0 fully saturated rings. The minimum absolute atomic E-state index is 0.0971. The molecule has 5 rings (SSSR count). The minimum Gasteiger partial charge on any atom is -0.438 e. The van der Waals surface area contributed by atoms with Gasteiger partial charge in [-0.3, -0.25) is 4.98 Å². The zero-order valence-electron chi connectivity index (χ0n) is 13.3. The van der Waals surface area contributed by atoms with Gasteiger partial charge in [-0.2, -0.15) is 0 Å². The molecule has 0 N–H and O–H groups in total. The van der Waals surface area contributed by atoms with Crippen molar-refractivity contribution in [3.05, 3.63) is 59.4 Å². The number of hydrogen-bond donors (Lipinski definition) is 0. The van der Waals surface area contributed by atoms with Crippen LogP contribution in [0.2, 0.25) is 0 Å². The molecule has 0 atom stereocenters. The number of furan rings is 1.